The van der Waals surface area contributed by atoms with Crippen LogP contribution in [0.3, 0.4) is 0 Å². The van der Waals surface area contributed by atoms with E-state index < -0.39 is 11.9 Å². The maximum atomic E-state index is 13.0. The van der Waals surface area contributed by atoms with Gasteiger partial charge in [-0.15, -0.1) is 0 Å². The molecule has 8 heteroatoms. The Hall–Kier alpha value is -1.28. The molecule has 0 saturated carbocycles. The number of nitrogens with zero attached hydrogens (tertiary/aromatic N) is 1. The third kappa shape index (κ3) is 3.76. The molecule has 0 aromatic carbocycles. The fourth-order valence-electron chi connectivity index (χ4n) is 0.727. The van der Waals surface area contributed by atoms with E-state index in [-0.39, 0.29) is 15.4 Å². The van der Waals surface area contributed by atoms with Crippen molar-refractivity contribution in [3.63, 3.8) is 0 Å². The average molecular weight is 294 g/mol. The lowest BCUT2D eigenvalue weighted by molar-refractivity contribution is 0.200. The van der Waals surface area contributed by atoms with Gasteiger partial charge in [0.2, 0.25) is 0 Å². The van der Waals surface area contributed by atoms with Crippen molar-refractivity contribution in [2.24, 2.45) is 0 Å². The van der Waals surface area contributed by atoms with Crippen molar-refractivity contribution in [1.82, 2.24) is 10.3 Å². The maximum absolute atomic E-state index is 13.0. The van der Waals surface area contributed by atoms with Crippen LogP contribution in [0.15, 0.2) is 16.7 Å². The van der Waals surface area contributed by atoms with Crippen molar-refractivity contribution in [3.05, 3.63) is 22.6 Å². The average Bonchev–Trinajstić information content (AvgIpc) is 2.10. The van der Waals surface area contributed by atoms with Gasteiger partial charge in [0.05, 0.1) is 4.47 Å². The van der Waals surface area contributed by atoms with Gasteiger partial charge in [-0.2, -0.15) is 0 Å². The van der Waals surface area contributed by atoms with Crippen molar-refractivity contribution in [3.8, 4) is 0 Å². The van der Waals surface area contributed by atoms with Crippen LogP contribution in [0.1, 0.15) is 0 Å². The number of amides is 1. The summed E-state index contributed by atoms with van der Waals surface area (Å²) in [6.07, 6.45) is -0.0637. The molecule has 1 heterocycles. The van der Waals surface area contributed by atoms with E-state index in [1.165, 1.54) is 6.20 Å². The zero-order chi connectivity index (χ0) is 11.4. The van der Waals surface area contributed by atoms with E-state index in [2.05, 4.69) is 38.4 Å². The lowest BCUT2D eigenvalue weighted by atomic mass is 10.4. The Labute approximate surface area is 97.8 Å². The van der Waals surface area contributed by atoms with E-state index in [1.54, 1.807) is 0 Å². The van der Waals surface area contributed by atoms with Crippen LogP contribution in [0.25, 0.3) is 0 Å². The van der Waals surface area contributed by atoms with E-state index >= 15 is 0 Å². The predicted molar refractivity (Wildman–Crippen MR) is 59.3 cm³/mol. The van der Waals surface area contributed by atoms with Gasteiger partial charge < -0.3 is 10.4 Å². The number of rotatable bonds is 1. The summed E-state index contributed by atoms with van der Waals surface area (Å²) in [6, 6.07) is 1.08. The summed E-state index contributed by atoms with van der Waals surface area (Å²) in [4.78, 5) is 13.9. The quantitative estimate of drug-likeness (QED) is 0.690. The SMILES string of the molecule is O=C(O)NC(=S)Nc1cc(F)c(Br)cn1. The molecule has 3 N–H and O–H groups in total. The normalized spacial score (nSPS) is 9.47. The van der Waals surface area contributed by atoms with Crippen LogP contribution < -0.4 is 10.6 Å². The second-order valence-corrected chi connectivity index (χ2v) is 3.63. The number of hydrogen-bond donors (Lipinski definition) is 3. The fourth-order valence-corrected chi connectivity index (χ4v) is 1.14. The standard InChI is InChI=1S/C7H5BrFN3O2S/c8-3-2-10-5(1-4(3)9)11-6(15)12-7(13)14/h1-2H,(H,13,14)(H2,10,11,12,15). The summed E-state index contributed by atoms with van der Waals surface area (Å²) in [5.41, 5.74) is 0. The van der Waals surface area contributed by atoms with Gasteiger partial charge in [-0.05, 0) is 28.1 Å². The molecule has 0 fully saturated rings. The highest BCUT2D eigenvalue weighted by Crippen LogP contribution is 2.16. The molecule has 0 radical (unpaired) electrons. The minimum Gasteiger partial charge on any atom is -0.465 e. The van der Waals surface area contributed by atoms with Gasteiger partial charge >= 0.3 is 6.09 Å². The van der Waals surface area contributed by atoms with Crippen molar-refractivity contribution < 1.29 is 14.3 Å². The summed E-state index contributed by atoms with van der Waals surface area (Å²) < 4.78 is 13.2. The number of aromatic nitrogens is 1. The van der Waals surface area contributed by atoms with Crippen LogP contribution in [-0.2, 0) is 0 Å². The Morgan fingerprint density at radius 2 is 2.33 bits per heavy atom. The molecule has 0 spiro atoms. The number of nitrogens with one attached hydrogen (secondary N) is 2. The molecule has 0 aliphatic carbocycles. The highest BCUT2D eigenvalue weighted by molar-refractivity contribution is 9.10. The van der Waals surface area contributed by atoms with Crippen LogP contribution >= 0.6 is 28.1 Å². The molecule has 1 amide bonds. The van der Waals surface area contributed by atoms with E-state index in [1.807, 2.05) is 5.32 Å². The summed E-state index contributed by atoms with van der Waals surface area (Å²) in [5.74, 6) is -0.403. The first-order valence-electron chi connectivity index (χ1n) is 3.61. The van der Waals surface area contributed by atoms with Gasteiger partial charge in [0.25, 0.3) is 0 Å². The highest BCUT2D eigenvalue weighted by atomic mass is 79.9. The Kier molecular flexibility index (Phi) is 3.92. The van der Waals surface area contributed by atoms with E-state index in [9.17, 15) is 9.18 Å². The molecule has 0 unspecified atom stereocenters. The molecule has 0 aliphatic heterocycles. The number of carboxylic acid groups (broad SMARTS) is 1. The minimum atomic E-state index is -1.30. The minimum absolute atomic E-state index is 0.120. The number of hydrogen-bond acceptors (Lipinski definition) is 3. The molecule has 0 aliphatic rings. The van der Waals surface area contributed by atoms with Crippen molar-refractivity contribution in [2.45, 2.75) is 0 Å². The molecule has 1 aromatic heterocycles. The van der Waals surface area contributed by atoms with Gasteiger partial charge in [0.1, 0.15) is 11.6 Å². The molecule has 1 rings (SSSR count). The zero-order valence-electron chi connectivity index (χ0n) is 7.12. The molecule has 15 heavy (non-hydrogen) atoms. The number of anilines is 1. The Bertz CT molecular complexity index is 415. The molecule has 0 saturated heterocycles. The van der Waals surface area contributed by atoms with Gasteiger partial charge in [0, 0.05) is 12.3 Å². The second kappa shape index (κ2) is 4.99. The Morgan fingerprint density at radius 1 is 1.67 bits per heavy atom. The maximum Gasteiger partial charge on any atom is 0.410 e. The lowest BCUT2D eigenvalue weighted by Crippen LogP contribution is -2.33. The van der Waals surface area contributed by atoms with Crippen LogP contribution in [0.2, 0.25) is 0 Å². The van der Waals surface area contributed by atoms with Crippen molar-refractivity contribution in [2.75, 3.05) is 5.32 Å². The summed E-state index contributed by atoms with van der Waals surface area (Å²) in [6.45, 7) is 0. The van der Waals surface area contributed by atoms with Gasteiger partial charge in [-0.1, -0.05) is 0 Å². The largest absolute Gasteiger partial charge is 0.465 e. The van der Waals surface area contributed by atoms with E-state index in [0.717, 1.165) is 6.07 Å². The first kappa shape index (κ1) is 11.8. The predicted octanol–water partition coefficient (Wildman–Crippen LogP) is 1.95. The fraction of sp³-hybridized carbons (Fsp3) is 0. The molecule has 80 valence electrons. The molecule has 1 aromatic rings. The topological polar surface area (TPSA) is 74.2 Å². The molecule has 0 atom stereocenters. The molecular formula is C7H5BrFN3O2S. The molecule has 5 nitrogen and oxygen atoms in total. The Balaban J connectivity index is 2.69. The van der Waals surface area contributed by atoms with Gasteiger partial charge in [-0.3, -0.25) is 5.32 Å². The van der Waals surface area contributed by atoms with Crippen molar-refractivity contribution in [1.29, 1.82) is 0 Å². The number of pyridine rings is 1. The number of carbonyl (C=O) groups is 1. The highest BCUT2D eigenvalue weighted by Gasteiger charge is 2.05. The third-order valence-corrected chi connectivity index (χ3v) is 2.06. The summed E-state index contributed by atoms with van der Waals surface area (Å²) in [5, 5.41) is 12.4. The van der Waals surface area contributed by atoms with Crippen LogP contribution in [0, 0.1) is 5.82 Å². The first-order chi connectivity index (χ1) is 6.99. The Morgan fingerprint density at radius 3 is 2.87 bits per heavy atom. The third-order valence-electron chi connectivity index (χ3n) is 1.27. The summed E-state index contributed by atoms with van der Waals surface area (Å²) >= 11 is 7.54. The van der Waals surface area contributed by atoms with E-state index in [0.29, 0.717) is 0 Å². The smallest absolute Gasteiger partial charge is 0.410 e. The lowest BCUT2D eigenvalue weighted by Gasteiger charge is -2.06. The zero-order valence-corrected chi connectivity index (χ0v) is 9.52. The van der Waals surface area contributed by atoms with Crippen molar-refractivity contribution >= 4 is 45.2 Å². The monoisotopic (exact) mass is 293 g/mol. The molecular weight excluding hydrogens is 289 g/mol. The van der Waals surface area contributed by atoms with Gasteiger partial charge in [-0.25, -0.2) is 14.2 Å². The second-order valence-electron chi connectivity index (χ2n) is 2.37. The van der Waals surface area contributed by atoms with Crippen LogP contribution in [0.4, 0.5) is 15.0 Å². The molecule has 0 bridgehead atoms. The van der Waals surface area contributed by atoms with Crippen LogP contribution in [-0.4, -0.2) is 21.3 Å². The number of halogens is 2. The van der Waals surface area contributed by atoms with Crippen LogP contribution in [0.5, 0.6) is 0 Å². The van der Waals surface area contributed by atoms with Gasteiger partial charge in [0.15, 0.2) is 5.11 Å². The van der Waals surface area contributed by atoms with E-state index in [4.69, 9.17) is 5.11 Å². The first-order valence-corrected chi connectivity index (χ1v) is 4.81. The number of thiocarbonyl (C=S) groups is 1. The summed E-state index contributed by atoms with van der Waals surface area (Å²) in [7, 11) is 0.